The van der Waals surface area contributed by atoms with Crippen LogP contribution in [0.1, 0.15) is 6.42 Å². The third kappa shape index (κ3) is 10.3. The van der Waals surface area contributed by atoms with Gasteiger partial charge in [-0.05, 0) is 6.42 Å². The average molecular weight is 199 g/mol. The molecule has 0 saturated carbocycles. The molecule has 0 bridgehead atoms. The van der Waals surface area contributed by atoms with Crippen LogP contribution in [0, 0.1) is 0 Å². The van der Waals surface area contributed by atoms with Crippen LogP contribution >= 0.6 is 7.26 Å². The zero-order valence-electron chi connectivity index (χ0n) is 7.24. The van der Waals surface area contributed by atoms with Crippen LogP contribution in [0.4, 0.5) is 0 Å². The van der Waals surface area contributed by atoms with Gasteiger partial charge in [-0.25, -0.2) is 0 Å². The number of rotatable bonds is 4. The first kappa shape index (κ1) is 11.3. The van der Waals surface area contributed by atoms with Gasteiger partial charge in [0.05, 0.1) is 11.9 Å². The molecule has 3 nitrogen and oxygen atoms in total. The van der Waals surface area contributed by atoms with Crippen LogP contribution in [0.5, 0.6) is 0 Å². The fourth-order valence-electron chi connectivity index (χ4n) is 0.721. The van der Waals surface area contributed by atoms with Crippen LogP contribution in [0.3, 0.4) is 0 Å². The van der Waals surface area contributed by atoms with Crippen molar-refractivity contribution < 1.29 is 13.0 Å². The van der Waals surface area contributed by atoms with Crippen molar-refractivity contribution in [2.75, 3.05) is 31.9 Å². The van der Waals surface area contributed by atoms with Gasteiger partial charge in [0.2, 0.25) is 0 Å². The normalized spacial score (nSPS) is 13.5. The molecule has 68 valence electrons. The number of hydrogen-bond acceptors (Lipinski definition) is 2. The second-order valence-electron chi connectivity index (χ2n) is 3.65. The topological polar surface area (TPSA) is 54.4 Å². The highest BCUT2D eigenvalue weighted by atomic mass is 32.2. The summed E-state index contributed by atoms with van der Waals surface area (Å²) >= 11 is 0. The van der Waals surface area contributed by atoms with E-state index in [-0.39, 0.29) is 5.75 Å². The van der Waals surface area contributed by atoms with E-state index in [9.17, 15) is 8.42 Å². The van der Waals surface area contributed by atoms with E-state index in [0.29, 0.717) is 6.42 Å². The minimum atomic E-state index is -3.73. The number of hydrogen-bond donors (Lipinski definition) is 1. The molecule has 0 heterocycles. The maximum absolute atomic E-state index is 10.3. The quantitative estimate of drug-likeness (QED) is 0.546. The molecule has 0 spiro atoms. The maximum Gasteiger partial charge on any atom is 0.264 e. The van der Waals surface area contributed by atoms with E-state index in [4.69, 9.17) is 4.55 Å². The minimum absolute atomic E-state index is 0.0930. The van der Waals surface area contributed by atoms with Gasteiger partial charge in [-0.1, -0.05) is 0 Å². The van der Waals surface area contributed by atoms with E-state index in [1.165, 1.54) is 0 Å². The lowest BCUT2D eigenvalue weighted by Gasteiger charge is -2.09. The zero-order chi connectivity index (χ0) is 9.12. The van der Waals surface area contributed by atoms with Gasteiger partial charge in [0.15, 0.2) is 0 Å². The molecular weight excluding hydrogens is 183 g/mol. The Hall–Kier alpha value is 0.340. The Balaban J connectivity index is 3.61. The summed E-state index contributed by atoms with van der Waals surface area (Å²) in [5, 5.41) is 0. The second-order valence-corrected chi connectivity index (χ2v) is 10.3. The Morgan fingerprint density at radius 1 is 1.27 bits per heavy atom. The molecule has 0 aliphatic heterocycles. The first-order valence-corrected chi connectivity index (χ1v) is 8.39. The molecule has 0 saturated heterocycles. The van der Waals surface area contributed by atoms with E-state index in [1.807, 2.05) is 0 Å². The molecule has 0 unspecified atom stereocenters. The van der Waals surface area contributed by atoms with Crippen molar-refractivity contribution in [1.82, 2.24) is 0 Å². The summed E-state index contributed by atoms with van der Waals surface area (Å²) in [5.41, 5.74) is 0. The largest absolute Gasteiger partial charge is 0.286 e. The lowest BCUT2D eigenvalue weighted by atomic mass is 10.6. The third-order valence-electron chi connectivity index (χ3n) is 1.23. The van der Waals surface area contributed by atoms with Crippen molar-refractivity contribution in [3.8, 4) is 0 Å². The predicted octanol–water partition coefficient (Wildman–Crippen LogP) is 1.17. The lowest BCUT2D eigenvalue weighted by molar-refractivity contribution is 0.482. The Morgan fingerprint density at radius 3 is 2.00 bits per heavy atom. The summed E-state index contributed by atoms with van der Waals surface area (Å²) in [6, 6.07) is 0. The Morgan fingerprint density at radius 2 is 1.73 bits per heavy atom. The monoisotopic (exact) mass is 199 g/mol. The van der Waals surface area contributed by atoms with E-state index in [0.717, 1.165) is 6.16 Å². The van der Waals surface area contributed by atoms with Crippen LogP contribution in [0.15, 0.2) is 0 Å². The van der Waals surface area contributed by atoms with Crippen LogP contribution < -0.4 is 0 Å². The smallest absolute Gasteiger partial charge is 0.264 e. The molecule has 11 heavy (non-hydrogen) atoms. The first-order valence-electron chi connectivity index (χ1n) is 3.46. The standard InChI is InChI=1S/C6H15O3PS/c1-10(2,3)5-4-6-11(7,8)9/h4-6H2,1-3H3/p+1. The SMILES string of the molecule is C[P+](C)(C)CCCS(=O)(=O)O. The van der Waals surface area contributed by atoms with E-state index >= 15 is 0 Å². The molecule has 0 aromatic carbocycles. The average Bonchev–Trinajstić information content (AvgIpc) is 1.55. The Kier molecular flexibility index (Phi) is 3.95. The van der Waals surface area contributed by atoms with Crippen LogP contribution in [-0.4, -0.2) is 44.9 Å². The highest BCUT2D eigenvalue weighted by Gasteiger charge is 2.17. The van der Waals surface area contributed by atoms with Crippen molar-refractivity contribution in [3.63, 3.8) is 0 Å². The molecule has 0 amide bonds. The van der Waals surface area contributed by atoms with Gasteiger partial charge in [-0.2, -0.15) is 8.42 Å². The van der Waals surface area contributed by atoms with Gasteiger partial charge in [0.1, 0.15) is 0 Å². The Labute approximate surface area is 69.3 Å². The summed E-state index contributed by atoms with van der Waals surface area (Å²) in [7, 11) is -4.61. The fourth-order valence-corrected chi connectivity index (χ4v) is 2.55. The Bertz CT molecular complexity index is 202. The van der Waals surface area contributed by atoms with Gasteiger partial charge < -0.3 is 0 Å². The molecular formula is C6H16O3PS+. The van der Waals surface area contributed by atoms with Gasteiger partial charge in [0, 0.05) is 27.3 Å². The van der Waals surface area contributed by atoms with Crippen LogP contribution in [-0.2, 0) is 10.1 Å². The molecule has 0 fully saturated rings. The summed E-state index contributed by atoms with van der Waals surface area (Å²) in [6.45, 7) is 6.45. The molecule has 0 aliphatic carbocycles. The van der Waals surface area contributed by atoms with Gasteiger partial charge in [0.25, 0.3) is 10.1 Å². The van der Waals surface area contributed by atoms with Gasteiger partial charge >= 0.3 is 0 Å². The van der Waals surface area contributed by atoms with Crippen LogP contribution in [0.2, 0.25) is 0 Å². The van der Waals surface area contributed by atoms with E-state index < -0.39 is 17.4 Å². The van der Waals surface area contributed by atoms with E-state index in [1.54, 1.807) is 0 Å². The van der Waals surface area contributed by atoms with Crippen molar-refractivity contribution in [2.45, 2.75) is 6.42 Å². The first-order chi connectivity index (χ1) is 4.71. The summed E-state index contributed by atoms with van der Waals surface area (Å²) in [5.74, 6) is -0.0930. The molecule has 0 rings (SSSR count). The van der Waals surface area contributed by atoms with Crippen molar-refractivity contribution in [1.29, 1.82) is 0 Å². The summed E-state index contributed by atoms with van der Waals surface area (Å²) in [6.07, 6.45) is 1.50. The predicted molar refractivity (Wildman–Crippen MR) is 50.6 cm³/mol. The molecule has 0 radical (unpaired) electrons. The maximum atomic E-state index is 10.3. The van der Waals surface area contributed by atoms with Gasteiger partial charge in [-0.15, -0.1) is 0 Å². The second kappa shape index (κ2) is 3.83. The summed E-state index contributed by atoms with van der Waals surface area (Å²) < 4.78 is 29.0. The van der Waals surface area contributed by atoms with Crippen LogP contribution in [0.25, 0.3) is 0 Å². The van der Waals surface area contributed by atoms with Gasteiger partial charge in [-0.3, -0.25) is 4.55 Å². The molecule has 5 heteroatoms. The van der Waals surface area contributed by atoms with Crippen molar-refractivity contribution in [3.05, 3.63) is 0 Å². The minimum Gasteiger partial charge on any atom is -0.286 e. The molecule has 0 aromatic heterocycles. The lowest BCUT2D eigenvalue weighted by Crippen LogP contribution is -2.06. The summed E-state index contributed by atoms with van der Waals surface area (Å²) in [4.78, 5) is 0. The zero-order valence-corrected chi connectivity index (χ0v) is 8.95. The van der Waals surface area contributed by atoms with E-state index in [2.05, 4.69) is 20.0 Å². The fraction of sp³-hybridized carbons (Fsp3) is 1.00. The van der Waals surface area contributed by atoms with Crippen molar-refractivity contribution >= 4 is 17.4 Å². The molecule has 1 N–H and O–H groups in total. The highest BCUT2D eigenvalue weighted by Crippen LogP contribution is 2.46. The van der Waals surface area contributed by atoms with Crippen molar-refractivity contribution in [2.24, 2.45) is 0 Å². The molecule has 0 aromatic rings. The molecule has 0 aliphatic rings. The molecule has 0 atom stereocenters. The third-order valence-corrected chi connectivity index (χ3v) is 3.69. The highest BCUT2D eigenvalue weighted by molar-refractivity contribution is 7.85.